The predicted octanol–water partition coefficient (Wildman–Crippen LogP) is 3.04. The molecule has 150 valence electrons. The topological polar surface area (TPSA) is 72.9 Å². The first-order chi connectivity index (χ1) is 13.3. The van der Waals surface area contributed by atoms with E-state index in [4.69, 9.17) is 9.47 Å². The summed E-state index contributed by atoms with van der Waals surface area (Å²) >= 11 is 0. The van der Waals surface area contributed by atoms with E-state index in [1.54, 1.807) is 41.7 Å². The molecule has 0 spiro atoms. The van der Waals surface area contributed by atoms with E-state index in [1.165, 1.54) is 7.11 Å². The lowest BCUT2D eigenvalue weighted by Crippen LogP contribution is -2.29. The number of carbonyl (C=O) groups is 1. The SMILES string of the molecule is COC(=O)c1ccc(OC)c(CC2CCN(S(=O)(=O)c3ccc(C)cc3)C2)c1. The van der Waals surface area contributed by atoms with Gasteiger partial charge in [-0.15, -0.1) is 0 Å². The van der Waals surface area contributed by atoms with Crippen molar-refractivity contribution in [2.75, 3.05) is 27.3 Å². The van der Waals surface area contributed by atoms with Crippen molar-refractivity contribution in [1.29, 1.82) is 0 Å². The number of methoxy groups -OCH3 is 2. The van der Waals surface area contributed by atoms with Crippen LogP contribution in [0.3, 0.4) is 0 Å². The lowest BCUT2D eigenvalue weighted by molar-refractivity contribution is 0.0600. The molecule has 3 rings (SSSR count). The number of carbonyl (C=O) groups excluding carboxylic acids is 1. The second-order valence-corrected chi connectivity index (χ2v) is 8.99. The largest absolute Gasteiger partial charge is 0.496 e. The maximum absolute atomic E-state index is 12.9. The van der Waals surface area contributed by atoms with Crippen molar-refractivity contribution in [2.45, 2.75) is 24.7 Å². The van der Waals surface area contributed by atoms with E-state index in [2.05, 4.69) is 0 Å². The van der Waals surface area contributed by atoms with Gasteiger partial charge < -0.3 is 9.47 Å². The van der Waals surface area contributed by atoms with Crippen molar-refractivity contribution >= 4 is 16.0 Å². The highest BCUT2D eigenvalue weighted by atomic mass is 32.2. The molecule has 1 saturated heterocycles. The lowest BCUT2D eigenvalue weighted by atomic mass is 9.96. The van der Waals surface area contributed by atoms with Crippen LogP contribution in [0.15, 0.2) is 47.4 Å². The molecule has 0 amide bonds. The molecular formula is C21H25NO5S. The zero-order valence-electron chi connectivity index (χ0n) is 16.3. The molecule has 2 aromatic rings. The summed E-state index contributed by atoms with van der Waals surface area (Å²) in [7, 11) is -0.567. The van der Waals surface area contributed by atoms with Crippen LogP contribution in [0.2, 0.25) is 0 Å². The van der Waals surface area contributed by atoms with Gasteiger partial charge in [-0.25, -0.2) is 13.2 Å². The van der Waals surface area contributed by atoms with Gasteiger partial charge in [0.25, 0.3) is 0 Å². The van der Waals surface area contributed by atoms with Crippen LogP contribution in [-0.2, 0) is 21.2 Å². The molecule has 1 unspecified atom stereocenters. The number of hydrogen-bond donors (Lipinski definition) is 0. The molecule has 0 radical (unpaired) electrons. The second-order valence-electron chi connectivity index (χ2n) is 7.05. The maximum Gasteiger partial charge on any atom is 0.337 e. The highest BCUT2D eigenvalue weighted by Gasteiger charge is 2.33. The van der Waals surface area contributed by atoms with Gasteiger partial charge in [-0.1, -0.05) is 17.7 Å². The normalized spacial score (nSPS) is 17.5. The number of benzene rings is 2. The molecule has 28 heavy (non-hydrogen) atoms. The Hall–Kier alpha value is -2.38. The van der Waals surface area contributed by atoms with Gasteiger partial charge in [-0.2, -0.15) is 4.31 Å². The van der Waals surface area contributed by atoms with Crippen molar-refractivity contribution in [2.24, 2.45) is 5.92 Å². The van der Waals surface area contributed by atoms with Crippen molar-refractivity contribution in [3.05, 3.63) is 59.2 Å². The van der Waals surface area contributed by atoms with E-state index in [0.29, 0.717) is 35.7 Å². The van der Waals surface area contributed by atoms with Gasteiger partial charge in [0.05, 0.1) is 24.7 Å². The van der Waals surface area contributed by atoms with Crippen LogP contribution in [0.25, 0.3) is 0 Å². The monoisotopic (exact) mass is 403 g/mol. The third kappa shape index (κ3) is 4.20. The summed E-state index contributed by atoms with van der Waals surface area (Å²) < 4.78 is 37.5. The Morgan fingerprint density at radius 2 is 1.86 bits per heavy atom. The number of rotatable bonds is 6. The molecule has 7 heteroatoms. The van der Waals surface area contributed by atoms with E-state index >= 15 is 0 Å². The molecule has 0 bridgehead atoms. The molecule has 1 heterocycles. The molecule has 0 aliphatic carbocycles. The third-order valence-corrected chi connectivity index (χ3v) is 7.00. The van der Waals surface area contributed by atoms with Crippen LogP contribution in [0, 0.1) is 12.8 Å². The number of aryl methyl sites for hydroxylation is 1. The fourth-order valence-corrected chi connectivity index (χ4v) is 5.07. The van der Waals surface area contributed by atoms with Gasteiger partial charge in [0.2, 0.25) is 10.0 Å². The number of nitrogens with zero attached hydrogens (tertiary/aromatic N) is 1. The maximum atomic E-state index is 12.9. The smallest absolute Gasteiger partial charge is 0.337 e. The Morgan fingerprint density at radius 3 is 2.50 bits per heavy atom. The van der Waals surface area contributed by atoms with Crippen molar-refractivity contribution < 1.29 is 22.7 Å². The van der Waals surface area contributed by atoms with Crippen LogP contribution in [0.5, 0.6) is 5.75 Å². The molecule has 2 aromatic carbocycles. The van der Waals surface area contributed by atoms with Crippen LogP contribution in [-0.4, -0.2) is 46.0 Å². The van der Waals surface area contributed by atoms with E-state index in [0.717, 1.165) is 17.5 Å². The highest BCUT2D eigenvalue weighted by Crippen LogP contribution is 2.30. The molecule has 0 saturated carbocycles. The van der Waals surface area contributed by atoms with Gasteiger partial charge >= 0.3 is 5.97 Å². The molecule has 1 aliphatic heterocycles. The molecule has 0 aromatic heterocycles. The minimum atomic E-state index is -3.49. The fourth-order valence-electron chi connectivity index (χ4n) is 3.54. The van der Waals surface area contributed by atoms with Gasteiger partial charge in [0.1, 0.15) is 5.75 Å². The zero-order chi connectivity index (χ0) is 20.3. The van der Waals surface area contributed by atoms with Gasteiger partial charge in [-0.3, -0.25) is 0 Å². The first kappa shape index (κ1) is 20.4. The highest BCUT2D eigenvalue weighted by molar-refractivity contribution is 7.89. The number of sulfonamides is 1. The predicted molar refractivity (Wildman–Crippen MR) is 106 cm³/mol. The van der Waals surface area contributed by atoms with Crippen molar-refractivity contribution in [3.63, 3.8) is 0 Å². The van der Waals surface area contributed by atoms with Gasteiger partial charge in [-0.05, 0) is 61.6 Å². The molecule has 1 aliphatic rings. The molecular weight excluding hydrogens is 378 g/mol. The third-order valence-electron chi connectivity index (χ3n) is 5.12. The van der Waals surface area contributed by atoms with Gasteiger partial charge in [0, 0.05) is 13.1 Å². The molecule has 1 fully saturated rings. The standard InChI is InChI=1S/C21H25NO5S/c1-15-4-7-19(8-5-15)28(24,25)22-11-10-16(14-22)12-18-13-17(21(23)27-3)6-9-20(18)26-2/h4-9,13,16H,10-12,14H2,1-3H3. The molecule has 1 atom stereocenters. The zero-order valence-corrected chi connectivity index (χ0v) is 17.2. The Kier molecular flexibility index (Phi) is 6.05. The average molecular weight is 404 g/mol. The first-order valence-electron chi connectivity index (χ1n) is 9.17. The average Bonchev–Trinajstić information content (AvgIpc) is 3.17. The van der Waals surface area contributed by atoms with Crippen LogP contribution in [0.4, 0.5) is 0 Å². The van der Waals surface area contributed by atoms with Crippen molar-refractivity contribution in [3.8, 4) is 5.75 Å². The lowest BCUT2D eigenvalue weighted by Gasteiger charge is -2.17. The Balaban J connectivity index is 1.76. The summed E-state index contributed by atoms with van der Waals surface area (Å²) in [5, 5.41) is 0. The van der Waals surface area contributed by atoms with Crippen LogP contribution >= 0.6 is 0 Å². The fraction of sp³-hybridized carbons (Fsp3) is 0.381. The Morgan fingerprint density at radius 1 is 1.14 bits per heavy atom. The van der Waals surface area contributed by atoms with Crippen molar-refractivity contribution in [1.82, 2.24) is 4.31 Å². The summed E-state index contributed by atoms with van der Waals surface area (Å²) in [6.07, 6.45) is 1.39. The number of ether oxygens (including phenoxy) is 2. The summed E-state index contributed by atoms with van der Waals surface area (Å²) in [6, 6.07) is 12.1. The van der Waals surface area contributed by atoms with E-state index < -0.39 is 16.0 Å². The van der Waals surface area contributed by atoms with E-state index in [9.17, 15) is 13.2 Å². The summed E-state index contributed by atoms with van der Waals surface area (Å²) in [5.74, 6) is 0.438. The minimum Gasteiger partial charge on any atom is -0.496 e. The van der Waals surface area contributed by atoms with Crippen LogP contribution < -0.4 is 4.74 Å². The molecule has 6 nitrogen and oxygen atoms in total. The quantitative estimate of drug-likeness (QED) is 0.693. The number of hydrogen-bond acceptors (Lipinski definition) is 5. The second kappa shape index (κ2) is 8.32. The van der Waals surface area contributed by atoms with Crippen LogP contribution in [0.1, 0.15) is 27.9 Å². The summed E-state index contributed by atoms with van der Waals surface area (Å²) in [4.78, 5) is 12.1. The summed E-state index contributed by atoms with van der Waals surface area (Å²) in [5.41, 5.74) is 2.36. The first-order valence-corrected chi connectivity index (χ1v) is 10.6. The van der Waals surface area contributed by atoms with E-state index in [-0.39, 0.29) is 5.92 Å². The van der Waals surface area contributed by atoms with Gasteiger partial charge in [0.15, 0.2) is 0 Å². The summed E-state index contributed by atoms with van der Waals surface area (Å²) in [6.45, 7) is 2.86. The minimum absolute atomic E-state index is 0.155. The Bertz CT molecular complexity index is 953. The van der Waals surface area contributed by atoms with E-state index in [1.807, 2.05) is 19.1 Å². The Labute approximate surface area is 166 Å². The number of esters is 1. The molecule has 0 N–H and O–H groups in total.